The lowest BCUT2D eigenvalue weighted by atomic mass is 10.1. The number of halogens is 2. The van der Waals surface area contributed by atoms with Gasteiger partial charge in [0.25, 0.3) is 0 Å². The van der Waals surface area contributed by atoms with Crippen LogP contribution in [0.4, 0.5) is 8.78 Å². The lowest BCUT2D eigenvalue weighted by molar-refractivity contribution is 0.522. The Balaban J connectivity index is 2.46. The minimum atomic E-state index is -0.657. The first-order valence-electron chi connectivity index (χ1n) is 5.01. The van der Waals surface area contributed by atoms with Crippen LogP contribution in [0.1, 0.15) is 17.4 Å². The van der Waals surface area contributed by atoms with Crippen LogP contribution < -0.4 is 11.3 Å². The number of benzene rings is 1. The second-order valence-corrected chi connectivity index (χ2v) is 3.66. The molecule has 0 amide bonds. The topological polar surface area (TPSA) is 55.9 Å². The fourth-order valence-corrected chi connectivity index (χ4v) is 1.69. The van der Waals surface area contributed by atoms with Gasteiger partial charge >= 0.3 is 0 Å². The number of nitrogens with zero attached hydrogens (tertiary/aromatic N) is 2. The molecule has 0 aliphatic heterocycles. The SMILES string of the molecule is Cn1ccnc1C(NN)c1ccc(F)cc1F. The van der Waals surface area contributed by atoms with Gasteiger partial charge in [-0.3, -0.25) is 5.84 Å². The third kappa shape index (κ3) is 2.17. The van der Waals surface area contributed by atoms with Gasteiger partial charge in [0, 0.05) is 31.1 Å². The van der Waals surface area contributed by atoms with Crippen molar-refractivity contribution in [3.05, 3.63) is 53.6 Å². The Bertz CT molecular complexity index is 524. The van der Waals surface area contributed by atoms with Gasteiger partial charge < -0.3 is 4.57 Å². The molecule has 1 atom stereocenters. The van der Waals surface area contributed by atoms with E-state index in [1.807, 2.05) is 0 Å². The third-order valence-corrected chi connectivity index (χ3v) is 2.56. The van der Waals surface area contributed by atoms with E-state index in [1.54, 1.807) is 24.0 Å². The number of rotatable bonds is 3. The van der Waals surface area contributed by atoms with Gasteiger partial charge in [-0.1, -0.05) is 6.07 Å². The van der Waals surface area contributed by atoms with Crippen LogP contribution in [-0.4, -0.2) is 9.55 Å². The minimum Gasteiger partial charge on any atom is -0.336 e. The van der Waals surface area contributed by atoms with E-state index >= 15 is 0 Å². The molecule has 17 heavy (non-hydrogen) atoms. The number of aromatic nitrogens is 2. The third-order valence-electron chi connectivity index (χ3n) is 2.56. The maximum atomic E-state index is 13.6. The molecule has 0 bridgehead atoms. The Labute approximate surface area is 97.0 Å². The first kappa shape index (κ1) is 11.7. The zero-order chi connectivity index (χ0) is 12.4. The van der Waals surface area contributed by atoms with E-state index in [0.29, 0.717) is 5.82 Å². The number of nitrogens with two attached hydrogens (primary N) is 1. The molecular formula is C11H12F2N4. The summed E-state index contributed by atoms with van der Waals surface area (Å²) in [7, 11) is 1.77. The second kappa shape index (κ2) is 4.60. The van der Waals surface area contributed by atoms with Crippen LogP contribution in [0.3, 0.4) is 0 Å². The van der Waals surface area contributed by atoms with Crippen molar-refractivity contribution in [2.24, 2.45) is 12.9 Å². The molecule has 1 aromatic heterocycles. The molecule has 6 heteroatoms. The predicted octanol–water partition coefficient (Wildman–Crippen LogP) is 1.25. The van der Waals surface area contributed by atoms with Crippen molar-refractivity contribution in [2.75, 3.05) is 0 Å². The Hall–Kier alpha value is -1.79. The quantitative estimate of drug-likeness (QED) is 0.625. The van der Waals surface area contributed by atoms with E-state index in [1.165, 1.54) is 12.1 Å². The number of hydrazine groups is 1. The van der Waals surface area contributed by atoms with E-state index in [9.17, 15) is 8.78 Å². The fraction of sp³-hybridized carbons (Fsp3) is 0.182. The van der Waals surface area contributed by atoms with Crippen molar-refractivity contribution in [3.63, 3.8) is 0 Å². The standard InChI is InChI=1S/C11H12F2N4/c1-17-5-4-15-11(17)10(16-14)8-3-2-7(12)6-9(8)13/h2-6,10,16H,14H2,1H3. The molecule has 0 saturated carbocycles. The summed E-state index contributed by atoms with van der Waals surface area (Å²) in [5.74, 6) is 4.68. The summed E-state index contributed by atoms with van der Waals surface area (Å²) in [5, 5.41) is 0. The van der Waals surface area contributed by atoms with Crippen molar-refractivity contribution in [2.45, 2.75) is 6.04 Å². The lowest BCUT2D eigenvalue weighted by Crippen LogP contribution is -2.31. The van der Waals surface area contributed by atoms with Gasteiger partial charge in [0.05, 0.1) is 0 Å². The smallest absolute Gasteiger partial charge is 0.131 e. The van der Waals surface area contributed by atoms with Crippen molar-refractivity contribution in [1.82, 2.24) is 15.0 Å². The summed E-state index contributed by atoms with van der Waals surface area (Å²) < 4.78 is 28.2. The summed E-state index contributed by atoms with van der Waals surface area (Å²) in [6, 6.07) is 2.74. The van der Waals surface area contributed by atoms with Gasteiger partial charge in [0.2, 0.25) is 0 Å². The summed E-state index contributed by atoms with van der Waals surface area (Å²) in [5.41, 5.74) is 2.73. The predicted molar refractivity (Wildman–Crippen MR) is 58.7 cm³/mol. The van der Waals surface area contributed by atoms with E-state index in [0.717, 1.165) is 6.07 Å². The average Bonchev–Trinajstić information content (AvgIpc) is 2.69. The zero-order valence-electron chi connectivity index (χ0n) is 9.19. The maximum absolute atomic E-state index is 13.6. The van der Waals surface area contributed by atoms with Gasteiger partial charge in [-0.15, -0.1) is 0 Å². The number of nitrogens with one attached hydrogen (secondary N) is 1. The number of aryl methyl sites for hydroxylation is 1. The highest BCUT2D eigenvalue weighted by molar-refractivity contribution is 5.27. The van der Waals surface area contributed by atoms with Crippen molar-refractivity contribution >= 4 is 0 Å². The molecule has 1 aromatic carbocycles. The van der Waals surface area contributed by atoms with Crippen LogP contribution in [0.15, 0.2) is 30.6 Å². The monoisotopic (exact) mass is 238 g/mol. The first-order valence-corrected chi connectivity index (χ1v) is 5.01. The Morgan fingerprint density at radius 3 is 2.71 bits per heavy atom. The Morgan fingerprint density at radius 2 is 2.18 bits per heavy atom. The summed E-state index contributed by atoms with van der Waals surface area (Å²) in [4.78, 5) is 4.09. The second-order valence-electron chi connectivity index (χ2n) is 3.66. The molecule has 0 aliphatic carbocycles. The highest BCUT2D eigenvalue weighted by Crippen LogP contribution is 2.22. The van der Waals surface area contributed by atoms with Gasteiger partial charge in [0.1, 0.15) is 23.5 Å². The molecule has 3 N–H and O–H groups in total. The van der Waals surface area contributed by atoms with Gasteiger partial charge in [-0.05, 0) is 6.07 Å². The van der Waals surface area contributed by atoms with E-state index in [4.69, 9.17) is 5.84 Å². The van der Waals surface area contributed by atoms with E-state index in [2.05, 4.69) is 10.4 Å². The molecule has 1 heterocycles. The molecule has 2 aromatic rings. The molecular weight excluding hydrogens is 226 g/mol. The Kier molecular flexibility index (Phi) is 3.16. The zero-order valence-corrected chi connectivity index (χ0v) is 9.19. The molecule has 0 radical (unpaired) electrons. The molecule has 0 spiro atoms. The molecule has 0 aliphatic rings. The number of hydrogen-bond donors (Lipinski definition) is 2. The van der Waals surface area contributed by atoms with Crippen LogP contribution >= 0.6 is 0 Å². The largest absolute Gasteiger partial charge is 0.336 e. The molecule has 2 rings (SSSR count). The van der Waals surface area contributed by atoms with Crippen LogP contribution in [0.2, 0.25) is 0 Å². The summed E-state index contributed by atoms with van der Waals surface area (Å²) >= 11 is 0. The molecule has 0 saturated heterocycles. The van der Waals surface area contributed by atoms with Gasteiger partial charge in [-0.25, -0.2) is 19.2 Å². The molecule has 1 unspecified atom stereocenters. The van der Waals surface area contributed by atoms with Crippen LogP contribution in [0.5, 0.6) is 0 Å². The normalized spacial score (nSPS) is 12.7. The van der Waals surface area contributed by atoms with Gasteiger partial charge in [-0.2, -0.15) is 0 Å². The Morgan fingerprint density at radius 1 is 1.41 bits per heavy atom. The maximum Gasteiger partial charge on any atom is 0.131 e. The first-order chi connectivity index (χ1) is 8.13. The minimum absolute atomic E-state index is 0.253. The fourth-order valence-electron chi connectivity index (χ4n) is 1.69. The van der Waals surface area contributed by atoms with Crippen molar-refractivity contribution in [1.29, 1.82) is 0 Å². The summed E-state index contributed by atoms with van der Waals surface area (Å²) in [6.45, 7) is 0. The number of imidazole rings is 1. The van der Waals surface area contributed by atoms with Crippen molar-refractivity contribution < 1.29 is 8.78 Å². The van der Waals surface area contributed by atoms with Crippen LogP contribution in [0, 0.1) is 11.6 Å². The van der Waals surface area contributed by atoms with E-state index < -0.39 is 17.7 Å². The highest BCUT2D eigenvalue weighted by atomic mass is 19.1. The molecule has 0 fully saturated rings. The summed E-state index contributed by atoms with van der Waals surface area (Å²) in [6.07, 6.45) is 3.31. The lowest BCUT2D eigenvalue weighted by Gasteiger charge is -2.16. The number of hydrogen-bond acceptors (Lipinski definition) is 3. The average molecular weight is 238 g/mol. The van der Waals surface area contributed by atoms with Crippen molar-refractivity contribution in [3.8, 4) is 0 Å². The van der Waals surface area contributed by atoms with Crippen LogP contribution in [0.25, 0.3) is 0 Å². The van der Waals surface area contributed by atoms with Crippen LogP contribution in [-0.2, 0) is 7.05 Å². The molecule has 90 valence electrons. The van der Waals surface area contributed by atoms with E-state index in [-0.39, 0.29) is 5.56 Å². The highest BCUT2D eigenvalue weighted by Gasteiger charge is 2.20. The molecule has 4 nitrogen and oxygen atoms in total. The van der Waals surface area contributed by atoms with Gasteiger partial charge in [0.15, 0.2) is 0 Å².